The van der Waals surface area contributed by atoms with Crippen LogP contribution in [0.5, 0.6) is 0 Å². The van der Waals surface area contributed by atoms with Gasteiger partial charge in [-0.25, -0.2) is 9.48 Å². The third kappa shape index (κ3) is 5.45. The molecule has 0 aliphatic carbocycles. The number of allylic oxidation sites excluding steroid dienone is 1. The van der Waals surface area contributed by atoms with Gasteiger partial charge in [0.25, 0.3) is 0 Å². The van der Waals surface area contributed by atoms with Crippen LogP contribution < -0.4 is 0 Å². The summed E-state index contributed by atoms with van der Waals surface area (Å²) in [5, 5.41) is 13.3. The van der Waals surface area contributed by atoms with Gasteiger partial charge in [0.15, 0.2) is 17.3 Å². The lowest BCUT2D eigenvalue weighted by Crippen LogP contribution is -2.20. The van der Waals surface area contributed by atoms with Gasteiger partial charge in [0.2, 0.25) is 6.29 Å². The van der Waals surface area contributed by atoms with E-state index in [-0.39, 0.29) is 17.3 Å². The van der Waals surface area contributed by atoms with E-state index in [2.05, 4.69) is 14.3 Å². The fourth-order valence-corrected chi connectivity index (χ4v) is 4.00. The van der Waals surface area contributed by atoms with Gasteiger partial charge in [-0.3, -0.25) is 0 Å². The highest BCUT2D eigenvalue weighted by Gasteiger charge is 2.36. The van der Waals surface area contributed by atoms with E-state index in [1.807, 2.05) is 30.3 Å². The molecule has 0 radical (unpaired) electrons. The van der Waals surface area contributed by atoms with E-state index < -0.39 is 41.2 Å². The quantitative estimate of drug-likeness (QED) is 0.390. The van der Waals surface area contributed by atoms with E-state index in [9.17, 15) is 23.1 Å². The molecule has 4 rings (SSSR count). The lowest BCUT2D eigenvalue weighted by atomic mass is 10.1. The molecular weight excluding hydrogens is 508 g/mol. The monoisotopic (exact) mass is 526 g/mol. The lowest BCUT2D eigenvalue weighted by Gasteiger charge is -2.29. The summed E-state index contributed by atoms with van der Waals surface area (Å²) in [5.74, 6) is -1.70. The molecule has 0 saturated carbocycles. The maximum atomic E-state index is 13.7. The Morgan fingerprint density at radius 1 is 1.26 bits per heavy atom. The molecule has 2 heterocycles. The summed E-state index contributed by atoms with van der Waals surface area (Å²) in [6.45, 7) is 1.70. The number of hydrogen-bond acceptors (Lipinski definition) is 5. The van der Waals surface area contributed by atoms with Crippen molar-refractivity contribution in [1.82, 2.24) is 9.78 Å². The van der Waals surface area contributed by atoms with Crippen molar-refractivity contribution in [3.63, 3.8) is 0 Å². The van der Waals surface area contributed by atoms with E-state index in [4.69, 9.17) is 25.8 Å². The van der Waals surface area contributed by atoms with Gasteiger partial charge in [0.05, 0.1) is 16.9 Å². The Hall–Kier alpha value is -3.07. The number of benzene rings is 2. The number of ether oxygens (including phenoxy) is 3. The molecule has 7 nitrogen and oxygen atoms in total. The van der Waals surface area contributed by atoms with Gasteiger partial charge < -0.3 is 19.3 Å². The maximum absolute atomic E-state index is 13.7. The molecular formula is C23H19ClF3N2O5P. The van der Waals surface area contributed by atoms with E-state index in [1.54, 1.807) is 6.92 Å². The van der Waals surface area contributed by atoms with Crippen LogP contribution in [0, 0.1) is 0 Å². The second-order valence-electron chi connectivity index (χ2n) is 7.52. The van der Waals surface area contributed by atoms with Crippen molar-refractivity contribution in [3.05, 3.63) is 93.7 Å². The molecule has 3 aromatic rings. The molecule has 2 aromatic carbocycles. The van der Waals surface area contributed by atoms with Crippen molar-refractivity contribution in [3.8, 4) is 5.69 Å². The van der Waals surface area contributed by atoms with Gasteiger partial charge in [-0.1, -0.05) is 51.2 Å². The molecule has 0 bridgehead atoms. The minimum atomic E-state index is -4.74. The number of halogens is 4. The first-order valence-corrected chi connectivity index (χ1v) is 11.2. The predicted molar refractivity (Wildman–Crippen MR) is 123 cm³/mol. The summed E-state index contributed by atoms with van der Waals surface area (Å²) < 4.78 is 59.4. The van der Waals surface area contributed by atoms with Crippen LogP contribution in [0.15, 0.2) is 66.1 Å². The molecule has 1 aliphatic rings. The summed E-state index contributed by atoms with van der Waals surface area (Å²) in [7, 11) is 2.32. The van der Waals surface area contributed by atoms with Gasteiger partial charge in [0.1, 0.15) is 12.4 Å². The Balaban J connectivity index is 1.67. The SMILES string of the molecule is CC1=C(OC(P)c2cc(C(=O)O)nn2-c2cc(Cl)ccc2C(F)(F)F)COC(c2ccccc2)O1. The number of carbonyl (C=O) groups is 1. The van der Waals surface area contributed by atoms with E-state index in [1.165, 1.54) is 0 Å². The van der Waals surface area contributed by atoms with E-state index in [0.29, 0.717) is 11.5 Å². The first-order chi connectivity index (χ1) is 16.5. The summed E-state index contributed by atoms with van der Waals surface area (Å²) in [6.07, 6.45) is -5.38. The van der Waals surface area contributed by atoms with Crippen molar-refractivity contribution in [2.75, 3.05) is 6.61 Å². The molecule has 184 valence electrons. The zero-order valence-electron chi connectivity index (χ0n) is 18.1. The largest absolute Gasteiger partial charge is 0.479 e. The number of rotatable bonds is 6. The molecule has 3 atom stereocenters. The van der Waals surface area contributed by atoms with Crippen molar-refractivity contribution in [2.24, 2.45) is 0 Å². The van der Waals surface area contributed by atoms with Gasteiger partial charge in [-0.05, 0) is 31.2 Å². The van der Waals surface area contributed by atoms with Crippen LogP contribution >= 0.6 is 20.8 Å². The molecule has 0 saturated heterocycles. The molecule has 35 heavy (non-hydrogen) atoms. The number of carboxylic acid groups (broad SMARTS) is 1. The smallest absolute Gasteiger partial charge is 0.418 e. The maximum Gasteiger partial charge on any atom is 0.418 e. The van der Waals surface area contributed by atoms with Crippen LogP contribution in [0.25, 0.3) is 5.69 Å². The molecule has 0 spiro atoms. The van der Waals surface area contributed by atoms with Crippen molar-refractivity contribution < 1.29 is 37.3 Å². The highest BCUT2D eigenvalue weighted by atomic mass is 35.5. The number of aromatic nitrogens is 2. The summed E-state index contributed by atoms with van der Waals surface area (Å²) in [5.41, 5.74) is -1.10. The fraction of sp³-hybridized carbons (Fsp3) is 0.217. The summed E-state index contributed by atoms with van der Waals surface area (Å²) >= 11 is 5.96. The first-order valence-electron chi connectivity index (χ1n) is 10.2. The minimum absolute atomic E-state index is 0.0205. The molecule has 1 aliphatic heterocycles. The van der Waals surface area contributed by atoms with Crippen LogP contribution in [-0.2, 0) is 20.4 Å². The number of carboxylic acids is 1. The van der Waals surface area contributed by atoms with Crippen molar-refractivity contribution in [1.29, 1.82) is 0 Å². The molecule has 12 heteroatoms. The van der Waals surface area contributed by atoms with E-state index >= 15 is 0 Å². The minimum Gasteiger partial charge on any atom is -0.479 e. The predicted octanol–water partition coefficient (Wildman–Crippen LogP) is 6.11. The average molecular weight is 527 g/mol. The standard InChI is InChI=1S/C23H19ClF3N2O5P/c1-12-19(11-32-21(33-12)13-5-3-2-4-6-13)34-22(35)18-10-16(20(30)31)28-29(18)17-9-14(24)7-8-15(17)23(25,26)27/h2-10,21-22H,11,35H2,1H3,(H,30,31). The van der Waals surface area contributed by atoms with Crippen LogP contribution in [0.1, 0.15) is 46.4 Å². The fourth-order valence-electron chi connectivity index (χ4n) is 3.43. The van der Waals surface area contributed by atoms with Gasteiger partial charge in [-0.2, -0.15) is 18.3 Å². The summed E-state index contributed by atoms with van der Waals surface area (Å²) in [4.78, 5) is 11.6. The molecule has 0 amide bonds. The number of nitrogens with zero attached hydrogens (tertiary/aromatic N) is 2. The second-order valence-corrected chi connectivity index (χ2v) is 8.56. The Kier molecular flexibility index (Phi) is 7.07. The van der Waals surface area contributed by atoms with Crippen molar-refractivity contribution in [2.45, 2.75) is 25.2 Å². The number of hydrogen-bond donors (Lipinski definition) is 1. The third-order valence-electron chi connectivity index (χ3n) is 5.12. The zero-order chi connectivity index (χ0) is 25.3. The Morgan fingerprint density at radius 3 is 2.60 bits per heavy atom. The van der Waals surface area contributed by atoms with Gasteiger partial charge in [-0.15, -0.1) is 0 Å². The first kappa shape index (κ1) is 25.0. The Bertz CT molecular complexity index is 1280. The van der Waals surface area contributed by atoms with Crippen LogP contribution in [0.3, 0.4) is 0 Å². The molecule has 1 N–H and O–H groups in total. The second kappa shape index (κ2) is 9.89. The third-order valence-corrected chi connectivity index (χ3v) is 5.84. The topological polar surface area (TPSA) is 82.8 Å². The molecule has 3 unspecified atom stereocenters. The van der Waals surface area contributed by atoms with Gasteiger partial charge >= 0.3 is 12.1 Å². The van der Waals surface area contributed by atoms with Gasteiger partial charge in [0, 0.05) is 10.6 Å². The highest BCUT2D eigenvalue weighted by molar-refractivity contribution is 7.16. The number of alkyl halides is 3. The van der Waals surface area contributed by atoms with Crippen LogP contribution in [-0.4, -0.2) is 27.5 Å². The Morgan fingerprint density at radius 2 is 1.97 bits per heavy atom. The zero-order valence-corrected chi connectivity index (χ0v) is 20.0. The molecule has 0 fully saturated rings. The normalized spacial score (nSPS) is 17.1. The molecule has 1 aromatic heterocycles. The Labute approximate surface area is 205 Å². The summed E-state index contributed by atoms with van der Waals surface area (Å²) in [6, 6.07) is 13.3. The van der Waals surface area contributed by atoms with Crippen LogP contribution in [0.2, 0.25) is 5.02 Å². The highest BCUT2D eigenvalue weighted by Crippen LogP contribution is 2.39. The van der Waals surface area contributed by atoms with E-state index in [0.717, 1.165) is 34.5 Å². The van der Waals surface area contributed by atoms with Crippen molar-refractivity contribution >= 4 is 26.8 Å². The lowest BCUT2D eigenvalue weighted by molar-refractivity contribution is -0.148. The number of aromatic carboxylic acids is 1. The van der Waals surface area contributed by atoms with Crippen LogP contribution in [0.4, 0.5) is 13.2 Å². The average Bonchev–Trinajstić information content (AvgIpc) is 3.26.